The van der Waals surface area contributed by atoms with Crippen molar-refractivity contribution in [3.05, 3.63) is 93.9 Å². The molecule has 0 fully saturated rings. The number of thiophene rings is 1. The second-order valence-corrected chi connectivity index (χ2v) is 9.09. The monoisotopic (exact) mass is 482 g/mol. The third-order valence-corrected chi connectivity index (χ3v) is 6.67. The number of carbonyl (C=O) groups excluding carboxylic acids is 2. The van der Waals surface area contributed by atoms with Gasteiger partial charge in [0.05, 0.1) is 23.0 Å². The normalized spacial score (nSPS) is 10.7. The van der Waals surface area contributed by atoms with Crippen molar-refractivity contribution < 1.29 is 9.59 Å². The van der Waals surface area contributed by atoms with Crippen LogP contribution >= 0.6 is 34.7 Å². The number of nitrogens with one attached hydrogen (secondary N) is 2. The lowest BCUT2D eigenvalue weighted by molar-refractivity contribution is -0.113. The van der Waals surface area contributed by atoms with Crippen LogP contribution in [0.1, 0.15) is 15.2 Å². The predicted octanol–water partition coefficient (Wildman–Crippen LogP) is 5.25. The fourth-order valence-corrected chi connectivity index (χ4v) is 4.53. The van der Waals surface area contributed by atoms with Crippen molar-refractivity contribution in [2.75, 3.05) is 11.1 Å². The molecule has 2 aromatic heterocycles. The van der Waals surface area contributed by atoms with Crippen LogP contribution in [0.2, 0.25) is 5.02 Å². The number of benzene rings is 2. The van der Waals surface area contributed by atoms with Gasteiger partial charge in [0.15, 0.2) is 5.16 Å². The molecule has 6 nitrogen and oxygen atoms in total. The average Bonchev–Trinajstić information content (AvgIpc) is 3.50. The van der Waals surface area contributed by atoms with Gasteiger partial charge in [0.1, 0.15) is 0 Å². The molecule has 0 aliphatic carbocycles. The number of carbonyl (C=O) groups is 2. The predicted molar refractivity (Wildman–Crippen MR) is 130 cm³/mol. The standard InChI is InChI=1S/C23H19ClN4O2S2/c24-19-5-1-2-6-20(19)27-21(29)15-32-23-25-11-12-28(23)17-9-7-16(8-10-17)22(30)26-14-18-4-3-13-31-18/h1-13H,14-15H2,(H,26,30)(H,27,29). The minimum Gasteiger partial charge on any atom is -0.347 e. The fourth-order valence-electron chi connectivity index (χ4n) is 2.93. The minimum atomic E-state index is -0.171. The van der Waals surface area contributed by atoms with E-state index in [1.807, 2.05) is 52.5 Å². The molecule has 0 saturated heterocycles. The molecule has 2 heterocycles. The Hall–Kier alpha value is -3.07. The molecule has 4 aromatic rings. The highest BCUT2D eigenvalue weighted by Crippen LogP contribution is 2.23. The molecule has 2 N–H and O–H groups in total. The molecule has 162 valence electrons. The molecule has 2 aromatic carbocycles. The highest BCUT2D eigenvalue weighted by Gasteiger charge is 2.12. The number of nitrogens with zero attached hydrogens (tertiary/aromatic N) is 2. The number of hydrogen-bond acceptors (Lipinski definition) is 5. The number of aromatic nitrogens is 2. The zero-order valence-corrected chi connectivity index (χ0v) is 19.2. The average molecular weight is 483 g/mol. The topological polar surface area (TPSA) is 76.0 Å². The molecule has 0 spiro atoms. The van der Waals surface area contributed by atoms with E-state index in [0.29, 0.717) is 28.0 Å². The summed E-state index contributed by atoms with van der Waals surface area (Å²) < 4.78 is 1.88. The largest absolute Gasteiger partial charge is 0.347 e. The van der Waals surface area contributed by atoms with Crippen LogP contribution < -0.4 is 10.6 Å². The van der Waals surface area contributed by atoms with Gasteiger partial charge in [0.25, 0.3) is 5.91 Å². The van der Waals surface area contributed by atoms with Gasteiger partial charge < -0.3 is 10.6 Å². The number of anilines is 1. The van der Waals surface area contributed by atoms with Crippen LogP contribution in [-0.4, -0.2) is 27.1 Å². The maximum absolute atomic E-state index is 12.4. The lowest BCUT2D eigenvalue weighted by Crippen LogP contribution is -2.22. The Morgan fingerprint density at radius 3 is 2.62 bits per heavy atom. The van der Waals surface area contributed by atoms with Crippen molar-refractivity contribution in [2.45, 2.75) is 11.7 Å². The molecule has 32 heavy (non-hydrogen) atoms. The minimum absolute atomic E-state index is 0.124. The molecular formula is C23H19ClN4O2S2. The van der Waals surface area contributed by atoms with Crippen LogP contribution in [0.4, 0.5) is 5.69 Å². The van der Waals surface area contributed by atoms with Crippen LogP contribution in [-0.2, 0) is 11.3 Å². The third kappa shape index (κ3) is 5.59. The second-order valence-electron chi connectivity index (χ2n) is 6.71. The van der Waals surface area contributed by atoms with Gasteiger partial charge in [-0.1, -0.05) is 41.6 Å². The Kier molecular flexibility index (Phi) is 7.26. The number of halogens is 1. The first-order valence-corrected chi connectivity index (χ1v) is 12.0. The summed E-state index contributed by atoms with van der Waals surface area (Å²) in [5.74, 6) is -0.109. The molecule has 9 heteroatoms. The maximum atomic E-state index is 12.4. The quantitative estimate of drug-likeness (QED) is 0.336. The van der Waals surface area contributed by atoms with Crippen LogP contribution in [0.3, 0.4) is 0 Å². The third-order valence-electron chi connectivity index (χ3n) is 4.50. The number of para-hydroxylation sites is 1. The van der Waals surface area contributed by atoms with E-state index in [9.17, 15) is 9.59 Å². The van der Waals surface area contributed by atoms with Crippen LogP contribution in [0.25, 0.3) is 5.69 Å². The lowest BCUT2D eigenvalue weighted by Gasteiger charge is -2.10. The van der Waals surface area contributed by atoms with E-state index in [1.165, 1.54) is 11.8 Å². The summed E-state index contributed by atoms with van der Waals surface area (Å²) in [6.45, 7) is 0.511. The van der Waals surface area contributed by atoms with Crippen LogP contribution in [0.15, 0.2) is 83.6 Å². The molecule has 0 bridgehead atoms. The van der Waals surface area contributed by atoms with Crippen LogP contribution in [0, 0.1) is 0 Å². The molecule has 0 aliphatic heterocycles. The lowest BCUT2D eigenvalue weighted by atomic mass is 10.2. The number of amides is 2. The molecule has 2 amide bonds. The summed E-state index contributed by atoms with van der Waals surface area (Å²) in [4.78, 5) is 30.1. The maximum Gasteiger partial charge on any atom is 0.251 e. The van der Waals surface area contributed by atoms with Gasteiger partial charge in [-0.15, -0.1) is 11.3 Å². The van der Waals surface area contributed by atoms with Gasteiger partial charge in [-0.05, 0) is 47.8 Å². The summed E-state index contributed by atoms with van der Waals surface area (Å²) in [6, 6.07) is 18.3. The smallest absolute Gasteiger partial charge is 0.251 e. The number of rotatable bonds is 8. The van der Waals surface area contributed by atoms with E-state index in [-0.39, 0.29) is 17.6 Å². The first kappa shape index (κ1) is 22.1. The van der Waals surface area contributed by atoms with E-state index in [2.05, 4.69) is 15.6 Å². The zero-order chi connectivity index (χ0) is 22.3. The zero-order valence-electron chi connectivity index (χ0n) is 16.8. The van der Waals surface area contributed by atoms with Crippen molar-refractivity contribution in [2.24, 2.45) is 0 Å². The molecule has 0 unspecified atom stereocenters. The summed E-state index contributed by atoms with van der Waals surface area (Å²) in [7, 11) is 0. The van der Waals surface area contributed by atoms with E-state index < -0.39 is 0 Å². The first-order chi connectivity index (χ1) is 15.6. The van der Waals surface area contributed by atoms with E-state index >= 15 is 0 Å². The van der Waals surface area contributed by atoms with Gasteiger partial charge >= 0.3 is 0 Å². The highest BCUT2D eigenvalue weighted by molar-refractivity contribution is 7.99. The SMILES string of the molecule is O=C(CSc1nccn1-c1ccc(C(=O)NCc2cccs2)cc1)Nc1ccccc1Cl. The fraction of sp³-hybridized carbons (Fsp3) is 0.0870. The molecule has 0 atom stereocenters. The molecule has 0 saturated carbocycles. The number of imidazole rings is 1. The summed E-state index contributed by atoms with van der Waals surface area (Å²) in [5, 5.41) is 8.87. The Bertz CT molecular complexity index is 1210. The van der Waals surface area contributed by atoms with Gasteiger partial charge in [-0.3, -0.25) is 14.2 Å². The second kappa shape index (κ2) is 10.5. The van der Waals surface area contributed by atoms with E-state index in [4.69, 9.17) is 11.6 Å². The van der Waals surface area contributed by atoms with Gasteiger partial charge in [0, 0.05) is 28.5 Å². The Labute approximate surface area is 198 Å². The van der Waals surface area contributed by atoms with Gasteiger partial charge in [-0.2, -0.15) is 0 Å². The molecular weight excluding hydrogens is 464 g/mol. The van der Waals surface area contributed by atoms with Gasteiger partial charge in [0.2, 0.25) is 5.91 Å². The van der Waals surface area contributed by atoms with Crippen molar-refractivity contribution in [3.63, 3.8) is 0 Å². The Balaban J connectivity index is 1.36. The first-order valence-electron chi connectivity index (χ1n) is 9.72. The molecule has 0 radical (unpaired) electrons. The van der Waals surface area contributed by atoms with E-state index in [1.54, 1.807) is 41.8 Å². The van der Waals surface area contributed by atoms with Crippen molar-refractivity contribution >= 4 is 52.2 Å². The van der Waals surface area contributed by atoms with Crippen LogP contribution in [0.5, 0.6) is 0 Å². The van der Waals surface area contributed by atoms with Crippen molar-refractivity contribution in [3.8, 4) is 5.69 Å². The number of thioether (sulfide) groups is 1. The Morgan fingerprint density at radius 2 is 1.88 bits per heavy atom. The van der Waals surface area contributed by atoms with Gasteiger partial charge in [-0.25, -0.2) is 4.98 Å². The summed E-state index contributed by atoms with van der Waals surface area (Å²) in [6.07, 6.45) is 3.50. The summed E-state index contributed by atoms with van der Waals surface area (Å²) >= 11 is 9.01. The van der Waals surface area contributed by atoms with E-state index in [0.717, 1.165) is 10.6 Å². The molecule has 4 rings (SSSR count). The Morgan fingerprint density at radius 1 is 1.06 bits per heavy atom. The van der Waals surface area contributed by atoms with Crippen molar-refractivity contribution in [1.82, 2.24) is 14.9 Å². The number of hydrogen-bond donors (Lipinski definition) is 2. The molecule has 0 aliphatic rings. The highest BCUT2D eigenvalue weighted by atomic mass is 35.5. The summed E-state index contributed by atoms with van der Waals surface area (Å²) in [5.41, 5.74) is 2.01. The van der Waals surface area contributed by atoms with Crippen molar-refractivity contribution in [1.29, 1.82) is 0 Å².